The molecule has 0 saturated carbocycles. The highest BCUT2D eigenvalue weighted by Crippen LogP contribution is 2.35. The number of benzene rings is 5. The Morgan fingerprint density at radius 3 is 1.86 bits per heavy atom. The van der Waals surface area contributed by atoms with E-state index in [-0.39, 0.29) is 0 Å². The van der Waals surface area contributed by atoms with Gasteiger partial charge in [-0.2, -0.15) is 0 Å². The summed E-state index contributed by atoms with van der Waals surface area (Å²) in [5, 5.41) is 13.9. The standard InChI is InChI=1S/C37H33N3O2S2/c1-4-12-28(13-5-1)18-11-21-43-35-20-10-19-32(24-35)38-37-40-39-36(44-37)31-22-33(41-26-29-14-6-2-7-15-29)25-34(23-31)42-27-30-16-8-3-9-17-30/h1-10,12-17,19-20,22-25H,11,18,21,26-27H2,(H,38,40). The topological polar surface area (TPSA) is 56.3 Å². The van der Waals surface area contributed by atoms with Crippen LogP contribution in [0, 0.1) is 0 Å². The first-order valence-corrected chi connectivity index (χ1v) is 16.4. The maximum Gasteiger partial charge on any atom is 0.210 e. The first-order valence-electron chi connectivity index (χ1n) is 14.6. The largest absolute Gasteiger partial charge is 0.489 e. The van der Waals surface area contributed by atoms with Crippen molar-refractivity contribution in [2.75, 3.05) is 11.1 Å². The van der Waals surface area contributed by atoms with Gasteiger partial charge in [-0.1, -0.05) is 108 Å². The average Bonchev–Trinajstić information content (AvgIpc) is 3.55. The van der Waals surface area contributed by atoms with Gasteiger partial charge in [-0.25, -0.2) is 0 Å². The Hall–Kier alpha value is -4.59. The van der Waals surface area contributed by atoms with Crippen LogP contribution in [0.15, 0.2) is 138 Å². The van der Waals surface area contributed by atoms with Gasteiger partial charge >= 0.3 is 0 Å². The summed E-state index contributed by atoms with van der Waals surface area (Å²) in [6.45, 7) is 0.928. The SMILES string of the molecule is c1ccc(CCCSc2cccc(Nc3nnc(-c4cc(OCc5ccccc5)cc(OCc5ccccc5)c4)s3)c2)cc1. The second-order valence-electron chi connectivity index (χ2n) is 10.2. The number of hydrogen-bond donors (Lipinski definition) is 1. The fourth-order valence-corrected chi connectivity index (χ4v) is 6.29. The van der Waals surface area contributed by atoms with Crippen LogP contribution in [0.4, 0.5) is 10.8 Å². The minimum atomic E-state index is 0.464. The van der Waals surface area contributed by atoms with Crippen molar-refractivity contribution in [3.8, 4) is 22.1 Å². The number of thioether (sulfide) groups is 1. The van der Waals surface area contributed by atoms with E-state index in [1.54, 1.807) is 0 Å². The van der Waals surface area contributed by atoms with Crippen molar-refractivity contribution in [3.63, 3.8) is 0 Å². The van der Waals surface area contributed by atoms with Crippen LogP contribution in [-0.4, -0.2) is 16.0 Å². The van der Waals surface area contributed by atoms with Crippen LogP contribution < -0.4 is 14.8 Å². The molecule has 6 aromatic rings. The van der Waals surface area contributed by atoms with Crippen molar-refractivity contribution >= 4 is 33.9 Å². The Morgan fingerprint density at radius 1 is 0.614 bits per heavy atom. The van der Waals surface area contributed by atoms with Crippen LogP contribution >= 0.6 is 23.1 Å². The molecular formula is C37H33N3O2S2. The summed E-state index contributed by atoms with van der Waals surface area (Å²) in [5.41, 5.74) is 5.48. The molecular weight excluding hydrogens is 583 g/mol. The molecule has 0 aliphatic carbocycles. The van der Waals surface area contributed by atoms with E-state index in [0.717, 1.165) is 62.6 Å². The molecule has 0 atom stereocenters. The zero-order valence-electron chi connectivity index (χ0n) is 24.3. The van der Waals surface area contributed by atoms with E-state index in [1.807, 2.05) is 66.4 Å². The third-order valence-electron chi connectivity index (χ3n) is 6.86. The number of nitrogens with zero attached hydrogens (tertiary/aromatic N) is 2. The summed E-state index contributed by atoms with van der Waals surface area (Å²) in [7, 11) is 0. The Morgan fingerprint density at radius 2 is 1.23 bits per heavy atom. The van der Waals surface area contributed by atoms with Gasteiger partial charge in [0.15, 0.2) is 0 Å². The van der Waals surface area contributed by atoms with Gasteiger partial charge in [-0.15, -0.1) is 22.0 Å². The first-order chi connectivity index (χ1) is 21.8. The molecule has 0 aliphatic rings. The summed E-state index contributed by atoms with van der Waals surface area (Å²) in [5.74, 6) is 2.51. The lowest BCUT2D eigenvalue weighted by atomic mass is 10.1. The Bertz CT molecular complexity index is 1680. The zero-order chi connectivity index (χ0) is 29.8. The summed E-state index contributed by atoms with van der Waals surface area (Å²) in [6, 6.07) is 45.3. The molecule has 0 spiro atoms. The van der Waals surface area contributed by atoms with Crippen molar-refractivity contribution in [2.45, 2.75) is 31.0 Å². The summed E-state index contributed by atoms with van der Waals surface area (Å²) >= 11 is 3.38. The molecule has 0 amide bonds. The van der Waals surface area contributed by atoms with Crippen molar-refractivity contribution in [2.24, 2.45) is 0 Å². The van der Waals surface area contributed by atoms with Crippen LogP contribution in [0.25, 0.3) is 10.6 Å². The Kier molecular flexibility index (Phi) is 10.2. The third-order valence-corrected chi connectivity index (χ3v) is 8.82. The molecule has 0 unspecified atom stereocenters. The van der Waals surface area contributed by atoms with Crippen molar-refractivity contribution < 1.29 is 9.47 Å². The van der Waals surface area contributed by atoms with E-state index >= 15 is 0 Å². The van der Waals surface area contributed by atoms with E-state index in [9.17, 15) is 0 Å². The Balaban J connectivity index is 1.12. The van der Waals surface area contributed by atoms with Gasteiger partial charge in [0.25, 0.3) is 0 Å². The highest BCUT2D eigenvalue weighted by Gasteiger charge is 2.12. The van der Waals surface area contributed by atoms with Crippen molar-refractivity contribution in [3.05, 3.63) is 150 Å². The molecule has 1 aromatic heterocycles. The molecule has 0 aliphatic heterocycles. The van der Waals surface area contributed by atoms with Crippen molar-refractivity contribution in [1.82, 2.24) is 10.2 Å². The molecule has 1 heterocycles. The molecule has 5 nitrogen and oxygen atoms in total. The van der Waals surface area contributed by atoms with E-state index in [0.29, 0.717) is 13.2 Å². The van der Waals surface area contributed by atoms with Gasteiger partial charge in [-0.05, 0) is 65.6 Å². The molecule has 7 heteroatoms. The molecule has 6 rings (SSSR count). The molecule has 1 N–H and O–H groups in total. The molecule has 5 aromatic carbocycles. The lowest BCUT2D eigenvalue weighted by Crippen LogP contribution is -1.98. The van der Waals surface area contributed by atoms with Gasteiger partial charge in [0.05, 0.1) is 0 Å². The molecule has 0 fully saturated rings. The zero-order valence-corrected chi connectivity index (χ0v) is 25.9. The van der Waals surface area contributed by atoms with E-state index < -0.39 is 0 Å². The van der Waals surface area contributed by atoms with Gasteiger partial charge < -0.3 is 14.8 Å². The summed E-state index contributed by atoms with van der Waals surface area (Å²) in [4.78, 5) is 1.23. The summed E-state index contributed by atoms with van der Waals surface area (Å²) in [6.07, 6.45) is 2.23. The highest BCUT2D eigenvalue weighted by molar-refractivity contribution is 7.99. The number of ether oxygens (including phenoxy) is 2. The quantitative estimate of drug-likeness (QED) is 0.0972. The predicted molar refractivity (Wildman–Crippen MR) is 182 cm³/mol. The molecule has 0 saturated heterocycles. The normalized spacial score (nSPS) is 10.8. The van der Waals surface area contributed by atoms with Crippen LogP contribution in [0.1, 0.15) is 23.1 Å². The van der Waals surface area contributed by atoms with Gasteiger partial charge in [0, 0.05) is 22.2 Å². The van der Waals surface area contributed by atoms with Crippen LogP contribution in [-0.2, 0) is 19.6 Å². The van der Waals surface area contributed by atoms with E-state index in [2.05, 4.69) is 94.4 Å². The van der Waals surface area contributed by atoms with Crippen LogP contribution in [0.5, 0.6) is 11.5 Å². The minimum Gasteiger partial charge on any atom is -0.489 e. The average molecular weight is 616 g/mol. The Labute approximate surface area is 266 Å². The number of nitrogens with one attached hydrogen (secondary N) is 1. The molecule has 0 radical (unpaired) electrons. The van der Waals surface area contributed by atoms with Gasteiger partial charge in [0.2, 0.25) is 5.13 Å². The summed E-state index contributed by atoms with van der Waals surface area (Å²) < 4.78 is 12.4. The molecule has 220 valence electrons. The van der Waals surface area contributed by atoms with Crippen LogP contribution in [0.3, 0.4) is 0 Å². The van der Waals surface area contributed by atoms with E-state index in [4.69, 9.17) is 9.47 Å². The highest BCUT2D eigenvalue weighted by atomic mass is 32.2. The molecule has 0 bridgehead atoms. The number of aryl methyl sites for hydroxylation is 1. The van der Waals surface area contributed by atoms with Crippen LogP contribution in [0.2, 0.25) is 0 Å². The second-order valence-corrected chi connectivity index (χ2v) is 12.4. The number of aromatic nitrogens is 2. The maximum atomic E-state index is 6.19. The fraction of sp³-hybridized carbons (Fsp3) is 0.135. The van der Waals surface area contributed by atoms with Crippen molar-refractivity contribution in [1.29, 1.82) is 0 Å². The lowest BCUT2D eigenvalue weighted by Gasteiger charge is -2.12. The number of hydrogen-bond acceptors (Lipinski definition) is 7. The number of anilines is 2. The molecule has 44 heavy (non-hydrogen) atoms. The predicted octanol–water partition coefficient (Wildman–Crippen LogP) is 9.83. The van der Waals surface area contributed by atoms with E-state index in [1.165, 1.54) is 21.8 Å². The number of rotatable bonds is 14. The fourth-order valence-electron chi connectivity index (χ4n) is 4.63. The van der Waals surface area contributed by atoms with Gasteiger partial charge in [0.1, 0.15) is 29.7 Å². The smallest absolute Gasteiger partial charge is 0.210 e. The third kappa shape index (κ3) is 8.72. The maximum absolute atomic E-state index is 6.19. The van der Waals surface area contributed by atoms with Gasteiger partial charge in [-0.3, -0.25) is 0 Å². The monoisotopic (exact) mass is 615 g/mol. The lowest BCUT2D eigenvalue weighted by molar-refractivity contribution is 0.290. The first kappa shape index (κ1) is 29.5. The second kappa shape index (κ2) is 15.2. The minimum absolute atomic E-state index is 0.464.